The second-order valence-corrected chi connectivity index (χ2v) is 7.26. The molecule has 0 radical (unpaired) electrons. The smallest absolute Gasteiger partial charge is 0.131 e. The molecule has 0 aliphatic heterocycles. The van der Waals surface area contributed by atoms with Gasteiger partial charge >= 0.3 is 0 Å². The van der Waals surface area contributed by atoms with Gasteiger partial charge < -0.3 is 4.74 Å². The highest BCUT2D eigenvalue weighted by Crippen LogP contribution is 2.41. The van der Waals surface area contributed by atoms with Crippen LogP contribution in [0.25, 0.3) is 11.1 Å². The Morgan fingerprint density at radius 2 is 1.78 bits per heavy atom. The molecule has 0 aromatic heterocycles. The van der Waals surface area contributed by atoms with E-state index in [1.54, 1.807) is 19.2 Å². The Morgan fingerprint density at radius 1 is 1.09 bits per heavy atom. The second kappa shape index (κ2) is 6.92. The average Bonchev–Trinajstić information content (AvgIpc) is 2.53. The van der Waals surface area contributed by atoms with Crippen LogP contribution in [0.15, 0.2) is 36.4 Å². The predicted molar refractivity (Wildman–Crippen MR) is 95.8 cm³/mol. The molecule has 0 aliphatic rings. The number of ether oxygens (including phenoxy) is 1. The molecule has 0 saturated heterocycles. The first-order valence-corrected chi connectivity index (χ1v) is 8.34. The first kappa shape index (κ1) is 17.8. The highest BCUT2D eigenvalue weighted by atomic mass is 35.5. The molecule has 124 valence electrons. The van der Waals surface area contributed by atoms with Crippen molar-refractivity contribution in [2.45, 2.75) is 39.5 Å². The normalized spacial score (nSPS) is 13.0. The van der Waals surface area contributed by atoms with Crippen molar-refractivity contribution in [1.29, 1.82) is 0 Å². The highest BCUT2D eigenvalue weighted by Gasteiger charge is 2.25. The summed E-state index contributed by atoms with van der Waals surface area (Å²) < 4.78 is 19.7. The highest BCUT2D eigenvalue weighted by molar-refractivity contribution is 6.17. The van der Waals surface area contributed by atoms with Gasteiger partial charge in [-0.25, -0.2) is 4.39 Å². The quantitative estimate of drug-likeness (QED) is 0.588. The van der Waals surface area contributed by atoms with E-state index < -0.39 is 0 Å². The lowest BCUT2D eigenvalue weighted by molar-refractivity contribution is 0.340. The van der Waals surface area contributed by atoms with Crippen LogP contribution in [-0.4, -0.2) is 7.11 Å². The summed E-state index contributed by atoms with van der Waals surface area (Å²) in [6.07, 6.45) is 0. The zero-order chi connectivity index (χ0) is 17.2. The first-order chi connectivity index (χ1) is 10.8. The zero-order valence-electron chi connectivity index (χ0n) is 14.4. The van der Waals surface area contributed by atoms with E-state index in [9.17, 15) is 4.39 Å². The van der Waals surface area contributed by atoms with Gasteiger partial charge in [0.15, 0.2) is 0 Å². The molecule has 23 heavy (non-hydrogen) atoms. The lowest BCUT2D eigenvalue weighted by Crippen LogP contribution is -2.16. The number of hydrogen-bond acceptors (Lipinski definition) is 1. The van der Waals surface area contributed by atoms with Crippen LogP contribution in [0.1, 0.15) is 44.7 Å². The predicted octanol–water partition coefficient (Wildman–Crippen LogP) is 6.39. The van der Waals surface area contributed by atoms with Gasteiger partial charge in [0.25, 0.3) is 0 Å². The largest absolute Gasteiger partial charge is 0.497 e. The van der Waals surface area contributed by atoms with E-state index in [0.29, 0.717) is 17.2 Å². The Morgan fingerprint density at radius 3 is 2.35 bits per heavy atom. The Kier molecular flexibility index (Phi) is 5.36. The summed E-state index contributed by atoms with van der Waals surface area (Å²) in [6.45, 7) is 8.75. The molecule has 0 saturated carbocycles. The fraction of sp³-hybridized carbons (Fsp3) is 0.400. The van der Waals surface area contributed by atoms with Gasteiger partial charge in [0.2, 0.25) is 0 Å². The molecule has 0 heterocycles. The third-order valence-electron chi connectivity index (χ3n) is 4.50. The molecule has 1 nitrogen and oxygen atoms in total. The Labute approximate surface area is 143 Å². The van der Waals surface area contributed by atoms with Gasteiger partial charge in [0.05, 0.1) is 7.11 Å². The maximum absolute atomic E-state index is 14.4. The van der Waals surface area contributed by atoms with Gasteiger partial charge in [-0.2, -0.15) is 0 Å². The molecule has 0 aliphatic carbocycles. The van der Waals surface area contributed by atoms with Crippen LogP contribution in [0.4, 0.5) is 4.39 Å². The molecule has 1 atom stereocenters. The molecule has 0 fully saturated rings. The van der Waals surface area contributed by atoms with Crippen molar-refractivity contribution < 1.29 is 9.13 Å². The Balaban J connectivity index is 2.67. The topological polar surface area (TPSA) is 9.23 Å². The maximum Gasteiger partial charge on any atom is 0.131 e. The van der Waals surface area contributed by atoms with Crippen LogP contribution in [0.2, 0.25) is 0 Å². The fourth-order valence-electron chi connectivity index (χ4n) is 2.60. The lowest BCUT2D eigenvalue weighted by Gasteiger charge is -2.30. The van der Waals surface area contributed by atoms with Gasteiger partial charge in [0, 0.05) is 11.4 Å². The van der Waals surface area contributed by atoms with E-state index >= 15 is 0 Å². The van der Waals surface area contributed by atoms with E-state index in [0.717, 1.165) is 16.7 Å². The van der Waals surface area contributed by atoms with Crippen molar-refractivity contribution >= 4 is 11.6 Å². The van der Waals surface area contributed by atoms with Crippen LogP contribution in [0.5, 0.6) is 5.75 Å². The van der Waals surface area contributed by atoms with Gasteiger partial charge in [-0.3, -0.25) is 0 Å². The molecule has 0 spiro atoms. The minimum absolute atomic E-state index is 0.0645. The summed E-state index contributed by atoms with van der Waals surface area (Å²) in [5, 5.41) is 0. The zero-order valence-corrected chi connectivity index (χ0v) is 15.2. The van der Waals surface area contributed by atoms with Gasteiger partial charge in [0.1, 0.15) is 11.6 Å². The second-order valence-electron chi connectivity index (χ2n) is 6.99. The van der Waals surface area contributed by atoms with Gasteiger partial charge in [-0.15, -0.1) is 11.6 Å². The van der Waals surface area contributed by atoms with Crippen molar-refractivity contribution in [1.82, 2.24) is 0 Å². The van der Waals surface area contributed by atoms with Crippen LogP contribution >= 0.6 is 11.6 Å². The molecular formula is C20H24ClFO. The summed E-state index contributed by atoms with van der Waals surface area (Å²) in [5.74, 6) is 1.11. The van der Waals surface area contributed by atoms with E-state index in [-0.39, 0.29) is 17.2 Å². The minimum atomic E-state index is -0.244. The van der Waals surface area contributed by atoms with Crippen molar-refractivity contribution in [3.05, 3.63) is 53.3 Å². The van der Waals surface area contributed by atoms with E-state index in [1.807, 2.05) is 12.1 Å². The van der Waals surface area contributed by atoms with Crippen LogP contribution < -0.4 is 4.74 Å². The maximum atomic E-state index is 14.4. The van der Waals surface area contributed by atoms with Crippen LogP contribution in [0, 0.1) is 11.2 Å². The Bertz CT molecular complexity index is 689. The summed E-state index contributed by atoms with van der Waals surface area (Å²) in [6, 6.07) is 10.9. The van der Waals surface area contributed by atoms with Crippen molar-refractivity contribution in [3.8, 4) is 16.9 Å². The summed E-state index contributed by atoms with van der Waals surface area (Å²) in [7, 11) is 1.59. The Hall–Kier alpha value is -1.54. The molecule has 0 unspecified atom stereocenters. The van der Waals surface area contributed by atoms with Crippen molar-refractivity contribution in [3.63, 3.8) is 0 Å². The number of hydrogen-bond donors (Lipinski definition) is 0. The number of halogens is 2. The van der Waals surface area contributed by atoms with Crippen LogP contribution in [0.3, 0.4) is 0 Å². The lowest BCUT2D eigenvalue weighted by atomic mass is 9.75. The third-order valence-corrected chi connectivity index (χ3v) is 4.81. The monoisotopic (exact) mass is 334 g/mol. The minimum Gasteiger partial charge on any atom is -0.497 e. The average molecular weight is 335 g/mol. The van der Waals surface area contributed by atoms with Gasteiger partial charge in [-0.05, 0) is 46.2 Å². The molecule has 2 rings (SSSR count). The summed E-state index contributed by atoms with van der Waals surface area (Å²) in [5.41, 5.74) is 3.69. The van der Waals surface area contributed by atoms with E-state index in [4.69, 9.17) is 16.3 Å². The van der Waals surface area contributed by atoms with E-state index in [1.165, 1.54) is 6.07 Å². The first-order valence-electron chi connectivity index (χ1n) is 7.80. The number of benzene rings is 2. The van der Waals surface area contributed by atoms with E-state index in [2.05, 4.69) is 33.8 Å². The fourth-order valence-corrected chi connectivity index (χ4v) is 2.77. The third kappa shape index (κ3) is 3.87. The van der Waals surface area contributed by atoms with Gasteiger partial charge in [-0.1, -0.05) is 45.9 Å². The SMILES string of the molecule is COc1ccc(F)c(-c2ccc(CCl)cc2[C@H](C)C(C)(C)C)c1. The van der Waals surface area contributed by atoms with Crippen molar-refractivity contribution in [2.24, 2.45) is 5.41 Å². The summed E-state index contributed by atoms with van der Waals surface area (Å²) in [4.78, 5) is 0. The molecule has 2 aromatic rings. The summed E-state index contributed by atoms with van der Waals surface area (Å²) >= 11 is 6.00. The number of methoxy groups -OCH3 is 1. The molecule has 0 N–H and O–H groups in total. The molecule has 0 bridgehead atoms. The molecular weight excluding hydrogens is 311 g/mol. The number of alkyl halides is 1. The number of rotatable bonds is 4. The van der Waals surface area contributed by atoms with Crippen molar-refractivity contribution in [2.75, 3.05) is 7.11 Å². The molecule has 2 aromatic carbocycles. The molecule has 3 heteroatoms. The molecule has 0 amide bonds. The standard InChI is InChI=1S/C20H24ClFO/c1-13(20(2,3)4)17-10-14(12-21)6-8-16(17)18-11-15(23-5)7-9-19(18)22/h6-11,13H,12H2,1-5H3/t13-/m0/s1. The van der Waals surface area contributed by atoms with Crippen LogP contribution in [-0.2, 0) is 5.88 Å².